The Morgan fingerprint density at radius 1 is 1.41 bits per heavy atom. The first-order valence-corrected chi connectivity index (χ1v) is 6.17. The number of hydrogen-bond acceptors (Lipinski definition) is 3. The zero-order chi connectivity index (χ0) is 11.8. The summed E-state index contributed by atoms with van der Waals surface area (Å²) in [6, 6.07) is 5.86. The first-order chi connectivity index (χ1) is 8.29. The van der Waals surface area contributed by atoms with Crippen LogP contribution in [-0.2, 0) is 13.0 Å². The monoisotopic (exact) mass is 247 g/mol. The molecule has 1 aliphatic heterocycles. The lowest BCUT2D eigenvalue weighted by Crippen LogP contribution is -2.25. The van der Waals surface area contributed by atoms with E-state index < -0.39 is 0 Å². The molecule has 2 N–H and O–H groups in total. The normalized spacial score (nSPS) is 14.7. The number of anilines is 1. The minimum absolute atomic E-state index is 0.750. The molecule has 2 heterocycles. The average Bonchev–Trinajstić information content (AvgIpc) is 2.36. The lowest BCUT2D eigenvalue weighted by molar-refractivity contribution is 0.634. The molecule has 1 aliphatic rings. The summed E-state index contributed by atoms with van der Waals surface area (Å²) >= 11 is 6.06. The van der Waals surface area contributed by atoms with E-state index in [0.29, 0.717) is 0 Å². The van der Waals surface area contributed by atoms with Gasteiger partial charge in [0.1, 0.15) is 0 Å². The molecule has 88 valence electrons. The Balaban J connectivity index is 2.35. The molecule has 3 nitrogen and oxygen atoms in total. The summed E-state index contributed by atoms with van der Waals surface area (Å²) in [5, 5.41) is 8.52. The Morgan fingerprint density at radius 2 is 2.29 bits per heavy atom. The number of nitrogens with zero attached hydrogens (tertiary/aromatic N) is 1. The second-order valence-corrected chi connectivity index (χ2v) is 4.69. The van der Waals surface area contributed by atoms with Gasteiger partial charge in [-0.2, -0.15) is 0 Å². The fourth-order valence-electron chi connectivity index (χ4n) is 2.43. The Bertz CT molecular complexity index is 580. The Hall–Kier alpha value is -1.32. The van der Waals surface area contributed by atoms with Gasteiger partial charge in [0.15, 0.2) is 0 Å². The molecule has 0 spiro atoms. The van der Waals surface area contributed by atoms with E-state index in [4.69, 9.17) is 16.6 Å². The van der Waals surface area contributed by atoms with Crippen LogP contribution in [-0.4, -0.2) is 18.6 Å². The summed E-state index contributed by atoms with van der Waals surface area (Å²) < 4.78 is 0. The average molecular weight is 248 g/mol. The quantitative estimate of drug-likeness (QED) is 0.813. The summed E-state index contributed by atoms with van der Waals surface area (Å²) in [5.41, 5.74) is 4.63. The van der Waals surface area contributed by atoms with E-state index >= 15 is 0 Å². The summed E-state index contributed by atoms with van der Waals surface area (Å²) in [4.78, 5) is 4.73. The van der Waals surface area contributed by atoms with Crippen molar-refractivity contribution < 1.29 is 0 Å². The molecule has 0 saturated carbocycles. The molecular weight excluding hydrogens is 234 g/mol. The van der Waals surface area contributed by atoms with Crippen molar-refractivity contribution >= 4 is 28.2 Å². The van der Waals surface area contributed by atoms with Gasteiger partial charge in [0.05, 0.1) is 5.52 Å². The zero-order valence-electron chi connectivity index (χ0n) is 9.68. The van der Waals surface area contributed by atoms with Crippen LogP contribution in [0, 0.1) is 0 Å². The topological polar surface area (TPSA) is 37.0 Å². The SMILES string of the molecule is CNc1c2c(nc3ccc(Cl)cc13)CCNC2. The molecule has 17 heavy (non-hydrogen) atoms. The number of fused-ring (bicyclic) bond motifs is 2. The standard InChI is InChI=1S/C13H14ClN3/c1-15-13-9-6-8(14)2-3-11(9)17-12-4-5-16-7-10(12)13/h2-3,6,16H,4-5,7H2,1H3,(H,15,17). The van der Waals surface area contributed by atoms with E-state index in [0.717, 1.165) is 41.1 Å². The Morgan fingerprint density at radius 3 is 3.12 bits per heavy atom. The van der Waals surface area contributed by atoms with Crippen LogP contribution in [0.3, 0.4) is 0 Å². The van der Waals surface area contributed by atoms with E-state index in [1.54, 1.807) is 0 Å². The second-order valence-electron chi connectivity index (χ2n) is 4.25. The zero-order valence-corrected chi connectivity index (χ0v) is 10.4. The number of hydrogen-bond donors (Lipinski definition) is 2. The number of aromatic nitrogens is 1. The molecule has 0 saturated heterocycles. The highest BCUT2D eigenvalue weighted by Gasteiger charge is 2.17. The van der Waals surface area contributed by atoms with Gasteiger partial charge in [-0.1, -0.05) is 11.6 Å². The maximum atomic E-state index is 6.06. The van der Waals surface area contributed by atoms with Gasteiger partial charge in [0.25, 0.3) is 0 Å². The third-order valence-electron chi connectivity index (χ3n) is 3.22. The number of rotatable bonds is 1. The summed E-state index contributed by atoms with van der Waals surface area (Å²) in [5.74, 6) is 0. The highest BCUT2D eigenvalue weighted by Crippen LogP contribution is 2.31. The number of benzene rings is 1. The van der Waals surface area contributed by atoms with Crippen molar-refractivity contribution in [2.24, 2.45) is 0 Å². The van der Waals surface area contributed by atoms with Gasteiger partial charge in [-0.05, 0) is 18.2 Å². The summed E-state index contributed by atoms with van der Waals surface area (Å²) in [7, 11) is 1.95. The smallest absolute Gasteiger partial charge is 0.0727 e. The van der Waals surface area contributed by atoms with Crippen molar-refractivity contribution in [2.45, 2.75) is 13.0 Å². The first-order valence-electron chi connectivity index (χ1n) is 5.79. The molecule has 0 unspecified atom stereocenters. The molecule has 0 aliphatic carbocycles. The molecule has 0 amide bonds. The van der Waals surface area contributed by atoms with Crippen molar-refractivity contribution in [3.05, 3.63) is 34.5 Å². The Labute approximate surface area is 105 Å². The van der Waals surface area contributed by atoms with Crippen molar-refractivity contribution in [1.29, 1.82) is 0 Å². The molecule has 2 aromatic rings. The highest BCUT2D eigenvalue weighted by molar-refractivity contribution is 6.31. The second kappa shape index (κ2) is 4.17. The molecule has 1 aromatic heterocycles. The summed E-state index contributed by atoms with van der Waals surface area (Å²) in [6.45, 7) is 1.88. The molecule has 4 heteroatoms. The lowest BCUT2D eigenvalue weighted by atomic mass is 10.0. The molecule has 1 aromatic carbocycles. The largest absolute Gasteiger partial charge is 0.387 e. The van der Waals surface area contributed by atoms with Gasteiger partial charge in [0, 0.05) is 53.9 Å². The van der Waals surface area contributed by atoms with Crippen LogP contribution in [0.4, 0.5) is 5.69 Å². The van der Waals surface area contributed by atoms with Gasteiger partial charge in [-0.3, -0.25) is 4.98 Å². The minimum Gasteiger partial charge on any atom is -0.387 e. The van der Waals surface area contributed by atoms with Gasteiger partial charge in [-0.15, -0.1) is 0 Å². The third kappa shape index (κ3) is 1.75. The van der Waals surface area contributed by atoms with Crippen LogP contribution in [0.25, 0.3) is 10.9 Å². The third-order valence-corrected chi connectivity index (χ3v) is 3.46. The molecule has 0 fully saturated rings. The molecular formula is C13H14ClN3. The van der Waals surface area contributed by atoms with E-state index in [2.05, 4.69) is 10.6 Å². The fraction of sp³-hybridized carbons (Fsp3) is 0.308. The maximum absolute atomic E-state index is 6.06. The van der Waals surface area contributed by atoms with E-state index in [1.807, 2.05) is 25.2 Å². The van der Waals surface area contributed by atoms with Crippen molar-refractivity contribution in [3.8, 4) is 0 Å². The van der Waals surface area contributed by atoms with E-state index in [-0.39, 0.29) is 0 Å². The maximum Gasteiger partial charge on any atom is 0.0727 e. The molecule has 3 rings (SSSR count). The van der Waals surface area contributed by atoms with Crippen LogP contribution in [0.15, 0.2) is 18.2 Å². The van der Waals surface area contributed by atoms with Crippen LogP contribution in [0.2, 0.25) is 5.02 Å². The van der Waals surface area contributed by atoms with Gasteiger partial charge >= 0.3 is 0 Å². The summed E-state index contributed by atoms with van der Waals surface area (Å²) in [6.07, 6.45) is 0.989. The van der Waals surface area contributed by atoms with E-state index in [1.165, 1.54) is 11.3 Å². The first kappa shape index (κ1) is 10.8. The van der Waals surface area contributed by atoms with Crippen LogP contribution >= 0.6 is 11.6 Å². The van der Waals surface area contributed by atoms with Crippen LogP contribution in [0.5, 0.6) is 0 Å². The number of nitrogens with one attached hydrogen (secondary N) is 2. The van der Waals surface area contributed by atoms with Gasteiger partial charge < -0.3 is 10.6 Å². The van der Waals surface area contributed by atoms with Gasteiger partial charge in [0.2, 0.25) is 0 Å². The van der Waals surface area contributed by atoms with Crippen molar-refractivity contribution in [1.82, 2.24) is 10.3 Å². The van der Waals surface area contributed by atoms with Crippen LogP contribution in [0.1, 0.15) is 11.3 Å². The Kier molecular flexibility index (Phi) is 2.65. The lowest BCUT2D eigenvalue weighted by Gasteiger charge is -2.21. The molecule has 0 atom stereocenters. The minimum atomic E-state index is 0.750. The molecule has 0 radical (unpaired) electrons. The number of halogens is 1. The number of pyridine rings is 1. The van der Waals surface area contributed by atoms with Crippen LogP contribution < -0.4 is 10.6 Å². The predicted octanol–water partition coefficient (Wildman–Crippen LogP) is 2.58. The van der Waals surface area contributed by atoms with Gasteiger partial charge in [-0.25, -0.2) is 0 Å². The fourth-order valence-corrected chi connectivity index (χ4v) is 2.60. The van der Waals surface area contributed by atoms with E-state index in [9.17, 15) is 0 Å². The predicted molar refractivity (Wildman–Crippen MR) is 71.7 cm³/mol. The molecule has 0 bridgehead atoms. The van der Waals surface area contributed by atoms with Crippen molar-refractivity contribution in [2.75, 3.05) is 18.9 Å². The highest BCUT2D eigenvalue weighted by atomic mass is 35.5. The van der Waals surface area contributed by atoms with Crippen molar-refractivity contribution in [3.63, 3.8) is 0 Å².